The van der Waals surface area contributed by atoms with Gasteiger partial charge in [0.1, 0.15) is 4.60 Å². The topological polar surface area (TPSA) is 34.9 Å². The molecule has 0 bridgehead atoms. The molecule has 0 aromatic carbocycles. The summed E-state index contributed by atoms with van der Waals surface area (Å²) in [5.74, 6) is 0.107. The number of ketones is 1. The molecule has 0 N–H and O–H groups in total. The minimum absolute atomic E-state index is 0.107. The first-order valence-electron chi connectivity index (χ1n) is 2.87. The summed E-state index contributed by atoms with van der Waals surface area (Å²) in [5, 5.41) is 3.96. The van der Waals surface area contributed by atoms with Crippen LogP contribution in [0.1, 0.15) is 6.92 Å². The monoisotopic (exact) mass is 202 g/mol. The number of carbonyl (C=O) groups excluding carboxylic acids is 1. The molecule has 54 valence electrons. The first kappa shape index (κ1) is 7.47. The van der Waals surface area contributed by atoms with Gasteiger partial charge in [0, 0.05) is 6.20 Å². The molecule has 0 unspecified atom stereocenters. The highest BCUT2D eigenvalue weighted by atomic mass is 79.9. The number of aromatic nitrogens is 2. The molecule has 1 heterocycles. The first-order chi connectivity index (χ1) is 4.68. The van der Waals surface area contributed by atoms with E-state index in [2.05, 4.69) is 21.0 Å². The van der Waals surface area contributed by atoms with Crippen LogP contribution in [0, 0.1) is 0 Å². The minimum Gasteiger partial charge on any atom is -0.298 e. The van der Waals surface area contributed by atoms with Gasteiger partial charge < -0.3 is 0 Å². The van der Waals surface area contributed by atoms with E-state index in [1.807, 2.05) is 0 Å². The van der Waals surface area contributed by atoms with Crippen molar-refractivity contribution in [2.24, 2.45) is 0 Å². The molecule has 0 aliphatic heterocycles. The number of halogens is 1. The van der Waals surface area contributed by atoms with Crippen LogP contribution in [0.2, 0.25) is 0 Å². The van der Waals surface area contributed by atoms with Crippen LogP contribution in [0.3, 0.4) is 0 Å². The molecule has 3 nitrogen and oxygen atoms in total. The molecule has 0 spiro atoms. The van der Waals surface area contributed by atoms with Crippen molar-refractivity contribution in [2.45, 2.75) is 13.5 Å². The van der Waals surface area contributed by atoms with Crippen molar-refractivity contribution in [1.82, 2.24) is 9.78 Å². The van der Waals surface area contributed by atoms with Gasteiger partial charge in [0.2, 0.25) is 0 Å². The van der Waals surface area contributed by atoms with E-state index in [-0.39, 0.29) is 5.78 Å². The molecule has 1 rings (SSSR count). The summed E-state index contributed by atoms with van der Waals surface area (Å²) < 4.78 is 2.35. The van der Waals surface area contributed by atoms with Crippen LogP contribution in [-0.2, 0) is 11.3 Å². The van der Waals surface area contributed by atoms with Crippen molar-refractivity contribution in [3.8, 4) is 0 Å². The Morgan fingerprint density at radius 3 is 3.00 bits per heavy atom. The summed E-state index contributed by atoms with van der Waals surface area (Å²) in [7, 11) is 0. The lowest BCUT2D eigenvalue weighted by molar-refractivity contribution is -0.117. The molecule has 0 fully saturated rings. The molecule has 10 heavy (non-hydrogen) atoms. The Bertz CT molecular complexity index is 244. The van der Waals surface area contributed by atoms with Crippen LogP contribution in [-0.4, -0.2) is 15.6 Å². The maximum Gasteiger partial charge on any atom is 0.151 e. The highest BCUT2D eigenvalue weighted by Gasteiger charge is 1.96. The van der Waals surface area contributed by atoms with Gasteiger partial charge in [-0.2, -0.15) is 5.10 Å². The summed E-state index contributed by atoms with van der Waals surface area (Å²) in [5.41, 5.74) is 0. The average molecular weight is 203 g/mol. The third-order valence-electron chi connectivity index (χ3n) is 0.993. The molecular formula is C6H7BrN2O. The zero-order chi connectivity index (χ0) is 7.56. The zero-order valence-corrected chi connectivity index (χ0v) is 7.13. The van der Waals surface area contributed by atoms with Crippen molar-refractivity contribution in [2.75, 3.05) is 0 Å². The summed E-state index contributed by atoms with van der Waals surface area (Å²) in [4.78, 5) is 10.5. The molecule has 1 aromatic rings. The van der Waals surface area contributed by atoms with Crippen LogP contribution in [0.4, 0.5) is 0 Å². The fourth-order valence-electron chi connectivity index (χ4n) is 0.653. The lowest BCUT2D eigenvalue weighted by atomic mass is 10.4. The second kappa shape index (κ2) is 2.96. The van der Waals surface area contributed by atoms with Gasteiger partial charge in [0.05, 0.1) is 6.54 Å². The van der Waals surface area contributed by atoms with E-state index in [0.717, 1.165) is 4.60 Å². The van der Waals surface area contributed by atoms with Gasteiger partial charge in [0.25, 0.3) is 0 Å². The van der Waals surface area contributed by atoms with Crippen molar-refractivity contribution >= 4 is 21.7 Å². The number of carbonyl (C=O) groups is 1. The fourth-order valence-corrected chi connectivity index (χ4v) is 0.975. The van der Waals surface area contributed by atoms with Gasteiger partial charge in [-0.05, 0) is 28.9 Å². The van der Waals surface area contributed by atoms with Crippen LogP contribution >= 0.6 is 15.9 Å². The molecule has 0 aliphatic carbocycles. The lowest BCUT2D eigenvalue weighted by Gasteiger charge is -1.93. The van der Waals surface area contributed by atoms with E-state index in [4.69, 9.17) is 0 Å². The largest absolute Gasteiger partial charge is 0.298 e. The number of hydrogen-bond acceptors (Lipinski definition) is 2. The SMILES string of the molecule is CC(=O)Cn1ccc(Br)n1. The van der Waals surface area contributed by atoms with E-state index in [1.165, 1.54) is 6.92 Å². The molecule has 0 amide bonds. The van der Waals surface area contributed by atoms with E-state index in [1.54, 1.807) is 16.9 Å². The van der Waals surface area contributed by atoms with E-state index >= 15 is 0 Å². The summed E-state index contributed by atoms with van der Waals surface area (Å²) >= 11 is 3.18. The molecule has 0 saturated heterocycles. The van der Waals surface area contributed by atoms with Crippen molar-refractivity contribution < 1.29 is 4.79 Å². The normalized spacial score (nSPS) is 9.80. The summed E-state index contributed by atoms with van der Waals surface area (Å²) in [6, 6.07) is 1.79. The van der Waals surface area contributed by atoms with E-state index in [9.17, 15) is 4.79 Å². The van der Waals surface area contributed by atoms with Crippen LogP contribution < -0.4 is 0 Å². The predicted octanol–water partition coefficient (Wildman–Crippen LogP) is 1.23. The number of hydrogen-bond donors (Lipinski definition) is 0. The Morgan fingerprint density at radius 2 is 2.60 bits per heavy atom. The number of rotatable bonds is 2. The Hall–Kier alpha value is -0.640. The Morgan fingerprint density at radius 1 is 1.90 bits per heavy atom. The maximum absolute atomic E-state index is 10.5. The molecule has 1 aromatic heterocycles. The van der Waals surface area contributed by atoms with Gasteiger partial charge >= 0.3 is 0 Å². The van der Waals surface area contributed by atoms with Gasteiger partial charge in [-0.15, -0.1) is 0 Å². The molecule has 0 saturated carbocycles. The predicted molar refractivity (Wildman–Crippen MR) is 40.6 cm³/mol. The highest BCUT2D eigenvalue weighted by molar-refractivity contribution is 9.10. The van der Waals surface area contributed by atoms with Crippen molar-refractivity contribution in [1.29, 1.82) is 0 Å². The average Bonchev–Trinajstić information content (AvgIpc) is 2.13. The van der Waals surface area contributed by atoms with Gasteiger partial charge in [0.15, 0.2) is 5.78 Å². The maximum atomic E-state index is 10.5. The van der Waals surface area contributed by atoms with Gasteiger partial charge in [-0.25, -0.2) is 0 Å². The first-order valence-corrected chi connectivity index (χ1v) is 3.66. The van der Waals surface area contributed by atoms with Crippen LogP contribution in [0.5, 0.6) is 0 Å². The van der Waals surface area contributed by atoms with Crippen LogP contribution in [0.25, 0.3) is 0 Å². The third kappa shape index (κ3) is 1.95. The van der Waals surface area contributed by atoms with Gasteiger partial charge in [-0.3, -0.25) is 9.48 Å². The lowest BCUT2D eigenvalue weighted by Crippen LogP contribution is -2.05. The molecule has 0 atom stereocenters. The quantitative estimate of drug-likeness (QED) is 0.724. The summed E-state index contributed by atoms with van der Waals surface area (Å²) in [6.45, 7) is 1.89. The standard InChI is InChI=1S/C6H7BrN2O/c1-5(10)4-9-3-2-6(7)8-9/h2-3H,4H2,1H3. The Balaban J connectivity index is 2.67. The second-order valence-corrected chi connectivity index (χ2v) is 2.85. The molecule has 0 radical (unpaired) electrons. The van der Waals surface area contributed by atoms with Crippen molar-refractivity contribution in [3.05, 3.63) is 16.9 Å². The number of Topliss-reactive ketones (excluding diaryl/α,β-unsaturated/α-hetero) is 1. The third-order valence-corrected chi connectivity index (χ3v) is 1.42. The Labute approximate surface area is 67.2 Å². The Kier molecular flexibility index (Phi) is 2.21. The second-order valence-electron chi connectivity index (χ2n) is 2.04. The van der Waals surface area contributed by atoms with E-state index in [0.29, 0.717) is 6.54 Å². The van der Waals surface area contributed by atoms with Gasteiger partial charge in [-0.1, -0.05) is 0 Å². The fraction of sp³-hybridized carbons (Fsp3) is 0.333. The molecular weight excluding hydrogens is 196 g/mol. The van der Waals surface area contributed by atoms with E-state index < -0.39 is 0 Å². The van der Waals surface area contributed by atoms with Crippen LogP contribution in [0.15, 0.2) is 16.9 Å². The summed E-state index contributed by atoms with van der Waals surface area (Å²) in [6.07, 6.45) is 1.76. The zero-order valence-electron chi connectivity index (χ0n) is 5.54. The minimum atomic E-state index is 0.107. The number of nitrogens with zero attached hydrogens (tertiary/aromatic N) is 2. The van der Waals surface area contributed by atoms with Crippen molar-refractivity contribution in [3.63, 3.8) is 0 Å². The highest BCUT2D eigenvalue weighted by Crippen LogP contribution is 2.03. The smallest absolute Gasteiger partial charge is 0.151 e. The molecule has 0 aliphatic rings. The molecule has 4 heteroatoms.